The maximum absolute atomic E-state index is 13.0. The van der Waals surface area contributed by atoms with Gasteiger partial charge in [-0.1, -0.05) is 22.9 Å². The van der Waals surface area contributed by atoms with Gasteiger partial charge in [0.25, 0.3) is 0 Å². The Balaban J connectivity index is 1.33. The first-order chi connectivity index (χ1) is 16.0. The van der Waals surface area contributed by atoms with Gasteiger partial charge in [0, 0.05) is 23.7 Å². The van der Waals surface area contributed by atoms with E-state index >= 15 is 0 Å². The summed E-state index contributed by atoms with van der Waals surface area (Å²) in [5.41, 5.74) is 6.57. The number of aliphatic carboxylic acids is 1. The highest BCUT2D eigenvalue weighted by atomic mass is 35.5. The third kappa shape index (κ3) is 5.92. The molecule has 0 radical (unpaired) electrons. The van der Waals surface area contributed by atoms with Gasteiger partial charge in [-0.2, -0.15) is 13.2 Å². The van der Waals surface area contributed by atoms with Gasteiger partial charge in [-0.05, 0) is 61.2 Å². The van der Waals surface area contributed by atoms with E-state index in [9.17, 15) is 18.0 Å². The van der Waals surface area contributed by atoms with Crippen LogP contribution in [-0.2, 0) is 17.4 Å². The summed E-state index contributed by atoms with van der Waals surface area (Å²) in [7, 11) is 0. The number of carboxylic acid groups (broad SMARTS) is 1. The van der Waals surface area contributed by atoms with Gasteiger partial charge in [-0.3, -0.25) is 4.79 Å². The Morgan fingerprint density at radius 2 is 1.97 bits per heavy atom. The zero-order chi connectivity index (χ0) is 24.5. The van der Waals surface area contributed by atoms with Crippen LogP contribution in [0.15, 0.2) is 36.4 Å². The topological polar surface area (TPSA) is 88.7 Å². The largest absolute Gasteiger partial charge is 0.493 e. The Bertz CT molecular complexity index is 1190. The first-order valence-electron chi connectivity index (χ1n) is 10.7. The van der Waals surface area contributed by atoms with Crippen molar-refractivity contribution in [3.63, 3.8) is 0 Å². The van der Waals surface area contributed by atoms with Crippen molar-refractivity contribution in [2.24, 2.45) is 5.73 Å². The lowest BCUT2D eigenvalue weighted by molar-refractivity contribution is -0.138. The fourth-order valence-corrected chi connectivity index (χ4v) is 5.27. The first kappa shape index (κ1) is 24.6. The number of nitrogens with two attached hydrogens (primary N) is 1. The van der Waals surface area contributed by atoms with Crippen LogP contribution in [0.3, 0.4) is 0 Å². The van der Waals surface area contributed by atoms with E-state index < -0.39 is 23.2 Å². The minimum absolute atomic E-state index is 0.142. The summed E-state index contributed by atoms with van der Waals surface area (Å²) in [6.07, 6.45) is -2.57. The van der Waals surface area contributed by atoms with Gasteiger partial charge in [0.2, 0.25) is 0 Å². The molecule has 1 aliphatic rings. The Morgan fingerprint density at radius 3 is 2.65 bits per heavy atom. The number of thiazole rings is 1. The number of ether oxygens (including phenoxy) is 1. The molecule has 0 amide bonds. The van der Waals surface area contributed by atoms with E-state index in [0.717, 1.165) is 12.1 Å². The summed E-state index contributed by atoms with van der Waals surface area (Å²) in [6, 6.07) is 8.48. The summed E-state index contributed by atoms with van der Waals surface area (Å²) in [5, 5.41) is 10.1. The normalized spacial score (nSPS) is 16.1. The molecule has 1 saturated heterocycles. The lowest BCUT2D eigenvalue weighted by Gasteiger charge is -2.39. The van der Waals surface area contributed by atoms with Crippen LogP contribution in [0.25, 0.3) is 10.2 Å². The number of nitrogens with zero attached hydrogens (tertiary/aromatic N) is 2. The highest BCUT2D eigenvalue weighted by Crippen LogP contribution is 2.37. The second-order valence-corrected chi connectivity index (χ2v) is 9.94. The van der Waals surface area contributed by atoms with Crippen molar-refractivity contribution < 1.29 is 27.8 Å². The molecule has 0 atom stereocenters. The summed E-state index contributed by atoms with van der Waals surface area (Å²) >= 11 is 7.31. The summed E-state index contributed by atoms with van der Waals surface area (Å²) in [6.45, 7) is 1.63. The Hall–Kier alpha value is -2.56. The number of benzene rings is 2. The summed E-state index contributed by atoms with van der Waals surface area (Å²) < 4.78 is 45.2. The van der Waals surface area contributed by atoms with E-state index in [4.69, 9.17) is 27.2 Å². The number of hydrogen-bond donors (Lipinski definition) is 2. The van der Waals surface area contributed by atoms with E-state index in [2.05, 4.69) is 9.88 Å². The average Bonchev–Trinajstić information content (AvgIpc) is 3.16. The molecule has 1 aliphatic heterocycles. The van der Waals surface area contributed by atoms with Crippen LogP contribution >= 0.6 is 22.9 Å². The van der Waals surface area contributed by atoms with Crippen LogP contribution < -0.4 is 15.4 Å². The van der Waals surface area contributed by atoms with Gasteiger partial charge < -0.3 is 20.5 Å². The number of aromatic nitrogens is 1. The molecule has 182 valence electrons. The zero-order valence-corrected chi connectivity index (χ0v) is 19.6. The van der Waals surface area contributed by atoms with Crippen LogP contribution in [0.4, 0.5) is 18.3 Å². The van der Waals surface area contributed by atoms with E-state index in [0.29, 0.717) is 70.6 Å². The molecule has 3 N–H and O–H groups in total. The first-order valence-corrected chi connectivity index (χ1v) is 11.9. The zero-order valence-electron chi connectivity index (χ0n) is 18.1. The van der Waals surface area contributed by atoms with Crippen molar-refractivity contribution in [3.05, 3.63) is 52.5 Å². The average molecular weight is 514 g/mol. The highest BCUT2D eigenvalue weighted by molar-refractivity contribution is 7.22. The minimum Gasteiger partial charge on any atom is -0.493 e. The quantitative estimate of drug-likeness (QED) is 0.442. The Labute approximate surface area is 203 Å². The third-order valence-electron chi connectivity index (χ3n) is 5.89. The highest BCUT2D eigenvalue weighted by Gasteiger charge is 2.33. The fourth-order valence-electron chi connectivity index (χ4n) is 3.97. The lowest BCUT2D eigenvalue weighted by Crippen LogP contribution is -2.51. The molecule has 0 unspecified atom stereocenters. The summed E-state index contributed by atoms with van der Waals surface area (Å²) in [5.74, 6) is -0.452. The van der Waals surface area contributed by atoms with E-state index in [1.807, 2.05) is 0 Å². The smallest absolute Gasteiger partial charge is 0.416 e. The van der Waals surface area contributed by atoms with Crippen molar-refractivity contribution >= 4 is 44.3 Å². The molecular weight excluding hydrogens is 491 g/mol. The van der Waals surface area contributed by atoms with Gasteiger partial charge in [0.1, 0.15) is 5.75 Å². The summed E-state index contributed by atoms with van der Waals surface area (Å²) in [4.78, 5) is 17.5. The molecule has 1 aromatic heterocycles. The predicted octanol–water partition coefficient (Wildman–Crippen LogP) is 5.36. The number of hydrogen-bond acceptors (Lipinski definition) is 6. The molecule has 4 rings (SSSR count). The Kier molecular flexibility index (Phi) is 6.93. The van der Waals surface area contributed by atoms with Gasteiger partial charge in [-0.25, -0.2) is 4.98 Å². The molecule has 3 aromatic rings. The second-order valence-electron chi connectivity index (χ2n) is 8.49. The second kappa shape index (κ2) is 9.59. The Morgan fingerprint density at radius 1 is 1.24 bits per heavy atom. The molecule has 0 saturated carbocycles. The van der Waals surface area contributed by atoms with Crippen LogP contribution in [0.1, 0.15) is 30.4 Å². The van der Waals surface area contributed by atoms with Crippen molar-refractivity contribution in [3.8, 4) is 5.75 Å². The molecular formula is C23H23ClF3N3O3S. The molecule has 11 heteroatoms. The van der Waals surface area contributed by atoms with E-state index in [1.54, 1.807) is 18.2 Å². The number of carboxylic acids is 1. The molecule has 0 bridgehead atoms. The van der Waals surface area contributed by atoms with Crippen molar-refractivity contribution in [1.82, 2.24) is 4.98 Å². The molecule has 0 aliphatic carbocycles. The SMILES string of the molecule is NC1(CCOc2cc(Cl)cc(CC(=O)O)c2)CCN(c2nc3ccc(C(F)(F)F)cc3s2)CC1. The van der Waals surface area contributed by atoms with Crippen LogP contribution in [0.2, 0.25) is 5.02 Å². The number of fused-ring (bicyclic) bond motifs is 1. The van der Waals surface area contributed by atoms with E-state index in [1.165, 1.54) is 17.4 Å². The molecule has 2 heterocycles. The molecule has 6 nitrogen and oxygen atoms in total. The maximum atomic E-state index is 13.0. The van der Waals surface area contributed by atoms with Gasteiger partial charge in [-0.15, -0.1) is 0 Å². The van der Waals surface area contributed by atoms with E-state index in [-0.39, 0.29) is 6.42 Å². The van der Waals surface area contributed by atoms with Crippen LogP contribution in [0, 0.1) is 0 Å². The third-order valence-corrected chi connectivity index (χ3v) is 7.19. The van der Waals surface area contributed by atoms with Crippen molar-refractivity contribution in [1.29, 1.82) is 0 Å². The number of carbonyl (C=O) groups is 1. The monoisotopic (exact) mass is 513 g/mol. The van der Waals surface area contributed by atoms with Crippen molar-refractivity contribution in [2.75, 3.05) is 24.6 Å². The molecule has 2 aromatic carbocycles. The molecule has 34 heavy (non-hydrogen) atoms. The number of piperidine rings is 1. The lowest BCUT2D eigenvalue weighted by atomic mass is 9.86. The molecule has 1 fully saturated rings. The predicted molar refractivity (Wildman–Crippen MR) is 126 cm³/mol. The van der Waals surface area contributed by atoms with Gasteiger partial charge >= 0.3 is 12.1 Å². The van der Waals surface area contributed by atoms with Crippen LogP contribution in [0.5, 0.6) is 5.75 Å². The van der Waals surface area contributed by atoms with Crippen LogP contribution in [-0.4, -0.2) is 41.3 Å². The number of alkyl halides is 3. The number of rotatable bonds is 7. The molecule has 0 spiro atoms. The standard InChI is InChI=1S/C23H23ClF3N3O3S/c24-16-9-14(11-20(31)32)10-17(13-16)33-8-5-22(28)3-6-30(7-4-22)21-29-18-2-1-15(23(25,26)27)12-19(18)34-21/h1-2,9-10,12-13H,3-8,11,28H2,(H,31,32). The van der Waals surface area contributed by atoms with Gasteiger partial charge in [0.05, 0.1) is 28.8 Å². The number of anilines is 1. The maximum Gasteiger partial charge on any atom is 0.416 e. The minimum atomic E-state index is -4.38. The fraction of sp³-hybridized carbons (Fsp3) is 0.391. The number of halogens is 4. The van der Waals surface area contributed by atoms with Crippen molar-refractivity contribution in [2.45, 2.75) is 37.4 Å². The van der Waals surface area contributed by atoms with Gasteiger partial charge in [0.15, 0.2) is 5.13 Å².